The summed E-state index contributed by atoms with van der Waals surface area (Å²) in [7, 11) is 0. The van der Waals surface area contributed by atoms with E-state index < -0.39 is 6.04 Å². The summed E-state index contributed by atoms with van der Waals surface area (Å²) >= 11 is 0. The Morgan fingerprint density at radius 1 is 0.955 bits per heavy atom. The highest BCUT2D eigenvalue weighted by Gasteiger charge is 2.19. The fraction of sp³-hybridized carbons (Fsp3) is 0.438. The highest BCUT2D eigenvalue weighted by Crippen LogP contribution is 2.04. The van der Waals surface area contributed by atoms with Crippen LogP contribution in [0.25, 0.3) is 0 Å². The van der Waals surface area contributed by atoms with E-state index in [4.69, 9.17) is 0 Å². The first-order valence-electron chi connectivity index (χ1n) is 7.29. The Kier molecular flexibility index (Phi) is 7.08. The Hall–Kier alpha value is -2.37. The molecule has 0 radical (unpaired) electrons. The molecule has 1 aromatic rings. The first kappa shape index (κ1) is 17.7. The zero-order valence-corrected chi connectivity index (χ0v) is 13.2. The molecule has 0 aliphatic carbocycles. The molecule has 0 aromatic heterocycles. The molecule has 0 aliphatic heterocycles. The lowest BCUT2D eigenvalue weighted by Gasteiger charge is -2.18. The van der Waals surface area contributed by atoms with E-state index in [0.717, 1.165) is 12.0 Å². The quantitative estimate of drug-likeness (QED) is 0.686. The van der Waals surface area contributed by atoms with Crippen LogP contribution in [0.4, 0.5) is 0 Å². The number of carbonyl (C=O) groups excluding carboxylic acids is 3. The second kappa shape index (κ2) is 8.81. The average molecular weight is 305 g/mol. The molecule has 6 nitrogen and oxygen atoms in total. The van der Waals surface area contributed by atoms with Crippen LogP contribution in [0.1, 0.15) is 31.9 Å². The molecule has 3 amide bonds. The third kappa shape index (κ3) is 6.39. The molecule has 0 spiro atoms. The molecule has 1 atom stereocenters. The van der Waals surface area contributed by atoms with E-state index in [-0.39, 0.29) is 24.3 Å². The van der Waals surface area contributed by atoms with Gasteiger partial charge in [0.2, 0.25) is 17.7 Å². The molecule has 6 heteroatoms. The first-order valence-corrected chi connectivity index (χ1v) is 7.29. The van der Waals surface area contributed by atoms with Crippen molar-refractivity contribution >= 4 is 17.7 Å². The predicted molar refractivity (Wildman–Crippen MR) is 84.0 cm³/mol. The lowest BCUT2D eigenvalue weighted by molar-refractivity contribution is -0.128. The summed E-state index contributed by atoms with van der Waals surface area (Å²) in [4.78, 5) is 34.2. The van der Waals surface area contributed by atoms with Crippen molar-refractivity contribution in [2.45, 2.75) is 39.8 Å². The normalized spacial score (nSPS) is 11.4. The van der Waals surface area contributed by atoms with Crippen LogP contribution in [0, 0.1) is 0 Å². The van der Waals surface area contributed by atoms with Crippen LogP contribution in [-0.2, 0) is 27.3 Å². The van der Waals surface area contributed by atoms with Gasteiger partial charge in [0.1, 0.15) is 6.04 Å². The largest absolute Gasteiger partial charge is 0.354 e. The number of aryl methyl sites for hydroxylation is 1. The van der Waals surface area contributed by atoms with Crippen LogP contribution in [0.2, 0.25) is 0 Å². The van der Waals surface area contributed by atoms with Gasteiger partial charge in [0.25, 0.3) is 0 Å². The summed E-state index contributed by atoms with van der Waals surface area (Å²) in [6.45, 7) is 5.21. The van der Waals surface area contributed by atoms with Gasteiger partial charge in [-0.2, -0.15) is 0 Å². The van der Waals surface area contributed by atoms with E-state index >= 15 is 0 Å². The van der Waals surface area contributed by atoms with Crippen molar-refractivity contribution in [2.24, 2.45) is 0 Å². The maximum absolute atomic E-state index is 12.1. The monoisotopic (exact) mass is 305 g/mol. The fourth-order valence-corrected chi connectivity index (χ4v) is 1.91. The van der Waals surface area contributed by atoms with E-state index in [1.165, 1.54) is 19.4 Å². The SMILES string of the molecule is CCc1ccc(CNC(=O)C(CNC(C)=O)NC(C)=O)cc1. The van der Waals surface area contributed by atoms with Gasteiger partial charge in [-0.25, -0.2) is 0 Å². The summed E-state index contributed by atoms with van der Waals surface area (Å²) in [5.74, 6) is -0.903. The molecule has 1 rings (SSSR count). The molecule has 1 unspecified atom stereocenters. The third-order valence-corrected chi connectivity index (χ3v) is 3.15. The van der Waals surface area contributed by atoms with Gasteiger partial charge in [-0.1, -0.05) is 31.2 Å². The standard InChI is InChI=1S/C16H23N3O3/c1-4-13-5-7-14(8-6-13)9-18-16(22)15(19-12(3)21)10-17-11(2)20/h5-8,15H,4,9-10H2,1-3H3,(H,17,20)(H,18,22)(H,19,21). The second-order valence-electron chi connectivity index (χ2n) is 5.08. The van der Waals surface area contributed by atoms with Crippen LogP contribution >= 0.6 is 0 Å². The van der Waals surface area contributed by atoms with Crippen molar-refractivity contribution in [1.29, 1.82) is 0 Å². The summed E-state index contributed by atoms with van der Waals surface area (Å²) in [5, 5.41) is 7.82. The first-order chi connectivity index (χ1) is 10.4. The number of rotatable bonds is 7. The summed E-state index contributed by atoms with van der Waals surface area (Å²) in [6, 6.07) is 7.17. The predicted octanol–water partition coefficient (Wildman–Crippen LogP) is 0.506. The molecular weight excluding hydrogens is 282 g/mol. The highest BCUT2D eigenvalue weighted by atomic mass is 16.2. The number of benzene rings is 1. The smallest absolute Gasteiger partial charge is 0.244 e. The molecule has 0 heterocycles. The third-order valence-electron chi connectivity index (χ3n) is 3.15. The summed E-state index contributed by atoms with van der Waals surface area (Å²) in [5.41, 5.74) is 2.21. The lowest BCUT2D eigenvalue weighted by Crippen LogP contribution is -2.51. The maximum Gasteiger partial charge on any atom is 0.244 e. The van der Waals surface area contributed by atoms with E-state index in [1.807, 2.05) is 24.3 Å². The molecule has 1 aromatic carbocycles. The average Bonchev–Trinajstić information content (AvgIpc) is 2.49. The minimum atomic E-state index is -0.781. The minimum Gasteiger partial charge on any atom is -0.354 e. The van der Waals surface area contributed by atoms with Gasteiger partial charge in [0, 0.05) is 26.9 Å². The van der Waals surface area contributed by atoms with Gasteiger partial charge in [-0.3, -0.25) is 14.4 Å². The Balaban J connectivity index is 2.56. The number of hydrogen-bond donors (Lipinski definition) is 3. The van der Waals surface area contributed by atoms with E-state index in [0.29, 0.717) is 6.54 Å². The van der Waals surface area contributed by atoms with E-state index in [2.05, 4.69) is 22.9 Å². The molecular formula is C16H23N3O3. The fourth-order valence-electron chi connectivity index (χ4n) is 1.91. The van der Waals surface area contributed by atoms with Crippen molar-refractivity contribution in [2.75, 3.05) is 6.54 Å². The van der Waals surface area contributed by atoms with Crippen LogP contribution in [0.15, 0.2) is 24.3 Å². The summed E-state index contributed by atoms with van der Waals surface area (Å²) < 4.78 is 0. The number of carbonyl (C=O) groups is 3. The molecule has 3 N–H and O–H groups in total. The number of hydrogen-bond acceptors (Lipinski definition) is 3. The van der Waals surface area contributed by atoms with Crippen molar-refractivity contribution in [1.82, 2.24) is 16.0 Å². The molecule has 0 fully saturated rings. The van der Waals surface area contributed by atoms with Crippen molar-refractivity contribution in [3.05, 3.63) is 35.4 Å². The zero-order chi connectivity index (χ0) is 16.5. The van der Waals surface area contributed by atoms with Crippen LogP contribution < -0.4 is 16.0 Å². The van der Waals surface area contributed by atoms with Crippen molar-refractivity contribution < 1.29 is 14.4 Å². The van der Waals surface area contributed by atoms with Gasteiger partial charge < -0.3 is 16.0 Å². The van der Waals surface area contributed by atoms with Gasteiger partial charge in [-0.05, 0) is 17.5 Å². The van der Waals surface area contributed by atoms with Crippen LogP contribution in [0.3, 0.4) is 0 Å². The van der Waals surface area contributed by atoms with E-state index in [1.54, 1.807) is 0 Å². The molecule has 22 heavy (non-hydrogen) atoms. The van der Waals surface area contributed by atoms with Crippen molar-refractivity contribution in [3.8, 4) is 0 Å². The molecule has 0 bridgehead atoms. The number of amides is 3. The van der Waals surface area contributed by atoms with Gasteiger partial charge in [0.05, 0.1) is 0 Å². The molecule has 0 saturated heterocycles. The minimum absolute atomic E-state index is 0.0650. The zero-order valence-electron chi connectivity index (χ0n) is 13.2. The topological polar surface area (TPSA) is 87.3 Å². The molecule has 0 saturated carbocycles. The van der Waals surface area contributed by atoms with E-state index in [9.17, 15) is 14.4 Å². The molecule has 120 valence electrons. The van der Waals surface area contributed by atoms with Gasteiger partial charge in [-0.15, -0.1) is 0 Å². The Morgan fingerprint density at radius 2 is 1.55 bits per heavy atom. The van der Waals surface area contributed by atoms with Gasteiger partial charge in [0.15, 0.2) is 0 Å². The Labute approximate surface area is 130 Å². The van der Waals surface area contributed by atoms with Crippen LogP contribution in [-0.4, -0.2) is 30.3 Å². The molecule has 0 aliphatic rings. The maximum atomic E-state index is 12.1. The lowest BCUT2D eigenvalue weighted by atomic mass is 10.1. The summed E-state index contributed by atoms with van der Waals surface area (Å²) in [6.07, 6.45) is 0.966. The van der Waals surface area contributed by atoms with Crippen LogP contribution in [0.5, 0.6) is 0 Å². The van der Waals surface area contributed by atoms with Crippen molar-refractivity contribution in [3.63, 3.8) is 0 Å². The Morgan fingerprint density at radius 3 is 2.05 bits per heavy atom. The second-order valence-corrected chi connectivity index (χ2v) is 5.08. The van der Waals surface area contributed by atoms with Gasteiger partial charge >= 0.3 is 0 Å². The number of nitrogens with one attached hydrogen (secondary N) is 3. The Bertz CT molecular complexity index is 526. The highest BCUT2D eigenvalue weighted by molar-refractivity contribution is 5.87.